The van der Waals surface area contributed by atoms with E-state index in [0.717, 1.165) is 30.5 Å². The number of nitrogens with zero attached hydrogens (tertiary/aromatic N) is 2. The molecule has 0 amide bonds. The molecule has 0 saturated heterocycles. The first-order valence-electron chi connectivity index (χ1n) is 8.25. The van der Waals surface area contributed by atoms with Crippen LogP contribution in [0.1, 0.15) is 62.6 Å². The second-order valence-corrected chi connectivity index (χ2v) is 6.97. The molecule has 2 rings (SSSR count). The number of aromatic nitrogens is 1. The lowest BCUT2D eigenvalue weighted by atomic mass is 9.97. The Morgan fingerprint density at radius 2 is 2.17 bits per heavy atom. The van der Waals surface area contributed by atoms with Crippen molar-refractivity contribution in [2.75, 3.05) is 13.6 Å². The molecule has 0 aromatic carbocycles. The Hall–Kier alpha value is -0.630. The normalized spacial score (nSPS) is 15.1. The Morgan fingerprint density at radius 3 is 2.78 bits per heavy atom. The van der Waals surface area contributed by atoms with Gasteiger partial charge in [0.1, 0.15) is 5.01 Å². The van der Waals surface area contributed by atoms with Crippen LogP contribution in [-0.2, 0) is 6.54 Å². The van der Waals surface area contributed by atoms with Crippen molar-refractivity contribution < 1.29 is 0 Å². The lowest BCUT2D eigenvalue weighted by molar-refractivity contribution is 0.665. The van der Waals surface area contributed by atoms with Crippen molar-refractivity contribution >= 4 is 41.3 Å². The second kappa shape index (κ2) is 11.0. The molecule has 1 aliphatic rings. The number of hydrogen-bond donors (Lipinski definition) is 2. The minimum atomic E-state index is 0. The summed E-state index contributed by atoms with van der Waals surface area (Å²) in [6.07, 6.45) is 8.75. The molecule has 6 heteroatoms. The lowest BCUT2D eigenvalue weighted by Gasteiger charge is -2.14. The predicted molar refractivity (Wildman–Crippen MR) is 111 cm³/mol. The van der Waals surface area contributed by atoms with Crippen LogP contribution in [-0.4, -0.2) is 24.5 Å². The van der Waals surface area contributed by atoms with Gasteiger partial charge in [-0.1, -0.05) is 25.5 Å². The van der Waals surface area contributed by atoms with Crippen LogP contribution in [0.5, 0.6) is 0 Å². The third kappa shape index (κ3) is 7.20. The zero-order chi connectivity index (χ0) is 15.8. The van der Waals surface area contributed by atoms with Gasteiger partial charge in [-0.2, -0.15) is 0 Å². The predicted octanol–water partition coefficient (Wildman–Crippen LogP) is 4.44. The van der Waals surface area contributed by atoms with Crippen molar-refractivity contribution in [2.45, 2.75) is 58.4 Å². The highest BCUT2D eigenvalue weighted by Crippen LogP contribution is 2.19. The number of rotatable bonds is 6. The molecule has 23 heavy (non-hydrogen) atoms. The van der Waals surface area contributed by atoms with Gasteiger partial charge in [-0.05, 0) is 38.0 Å². The van der Waals surface area contributed by atoms with Crippen LogP contribution in [0.3, 0.4) is 0 Å². The van der Waals surface area contributed by atoms with E-state index in [-0.39, 0.29) is 24.0 Å². The summed E-state index contributed by atoms with van der Waals surface area (Å²) in [6.45, 7) is 6.03. The van der Waals surface area contributed by atoms with Crippen LogP contribution >= 0.6 is 35.3 Å². The van der Waals surface area contributed by atoms with Gasteiger partial charge in [-0.25, -0.2) is 4.98 Å². The zero-order valence-electron chi connectivity index (χ0n) is 14.4. The highest BCUT2D eigenvalue weighted by molar-refractivity contribution is 14.0. The fourth-order valence-electron chi connectivity index (χ4n) is 2.52. The Kier molecular flexibility index (Phi) is 9.78. The molecule has 0 unspecified atom stereocenters. The number of halogens is 1. The second-order valence-electron chi connectivity index (χ2n) is 6.03. The summed E-state index contributed by atoms with van der Waals surface area (Å²) in [5, 5.41) is 9.99. The highest BCUT2D eigenvalue weighted by atomic mass is 127. The van der Waals surface area contributed by atoms with Crippen molar-refractivity contribution in [3.05, 3.63) is 27.7 Å². The number of aliphatic imine (C=N–C) groups is 1. The topological polar surface area (TPSA) is 49.3 Å². The van der Waals surface area contributed by atoms with E-state index in [1.807, 2.05) is 7.05 Å². The SMILES string of the molecule is CN=C(NCCC1=CCCCC1)NCc1nc(C(C)C)cs1.I. The van der Waals surface area contributed by atoms with Crippen molar-refractivity contribution in [1.82, 2.24) is 15.6 Å². The van der Waals surface area contributed by atoms with Gasteiger partial charge in [-0.3, -0.25) is 4.99 Å². The molecule has 0 saturated carbocycles. The van der Waals surface area contributed by atoms with E-state index in [4.69, 9.17) is 0 Å². The highest BCUT2D eigenvalue weighted by Gasteiger charge is 2.07. The molecule has 1 aromatic rings. The molecule has 2 N–H and O–H groups in total. The van der Waals surface area contributed by atoms with Gasteiger partial charge in [0, 0.05) is 19.0 Å². The first kappa shape index (κ1) is 20.4. The maximum atomic E-state index is 4.63. The van der Waals surface area contributed by atoms with Gasteiger partial charge < -0.3 is 10.6 Å². The van der Waals surface area contributed by atoms with Crippen LogP contribution in [0.25, 0.3) is 0 Å². The summed E-state index contributed by atoms with van der Waals surface area (Å²) in [4.78, 5) is 8.91. The molecule has 1 heterocycles. The van der Waals surface area contributed by atoms with Gasteiger partial charge in [-0.15, -0.1) is 35.3 Å². The molecule has 0 atom stereocenters. The zero-order valence-corrected chi connectivity index (χ0v) is 17.5. The minimum absolute atomic E-state index is 0. The Bertz CT molecular complexity index is 522. The quantitative estimate of drug-likeness (QED) is 0.293. The van der Waals surface area contributed by atoms with Gasteiger partial charge >= 0.3 is 0 Å². The maximum Gasteiger partial charge on any atom is 0.191 e. The molecule has 130 valence electrons. The summed E-state index contributed by atoms with van der Waals surface area (Å²) in [7, 11) is 1.82. The molecule has 1 aliphatic carbocycles. The van der Waals surface area contributed by atoms with E-state index in [1.165, 1.54) is 31.4 Å². The largest absolute Gasteiger partial charge is 0.356 e. The van der Waals surface area contributed by atoms with Crippen molar-refractivity contribution in [1.29, 1.82) is 0 Å². The van der Waals surface area contributed by atoms with Crippen molar-refractivity contribution in [3.63, 3.8) is 0 Å². The Labute approximate surface area is 161 Å². The smallest absolute Gasteiger partial charge is 0.191 e. The fourth-order valence-corrected chi connectivity index (χ4v) is 3.42. The molecule has 0 fully saturated rings. The maximum absolute atomic E-state index is 4.63. The van der Waals surface area contributed by atoms with Crippen LogP contribution in [0.2, 0.25) is 0 Å². The van der Waals surface area contributed by atoms with E-state index in [1.54, 1.807) is 16.9 Å². The van der Waals surface area contributed by atoms with Gasteiger partial charge in [0.25, 0.3) is 0 Å². The standard InChI is InChI=1S/C17H28N4S.HI/c1-13(2)15-12-22-16(21-15)11-20-17(18-3)19-10-9-14-7-5-4-6-8-14;/h7,12-13H,4-6,8-11H2,1-3H3,(H2,18,19,20);1H. The number of guanidine groups is 1. The molecular formula is C17H29IN4S. The van der Waals surface area contributed by atoms with E-state index in [0.29, 0.717) is 5.92 Å². The lowest BCUT2D eigenvalue weighted by Crippen LogP contribution is -2.37. The first-order valence-corrected chi connectivity index (χ1v) is 9.13. The average Bonchev–Trinajstić information content (AvgIpc) is 3.01. The minimum Gasteiger partial charge on any atom is -0.356 e. The van der Waals surface area contributed by atoms with Crippen molar-refractivity contribution in [3.8, 4) is 0 Å². The van der Waals surface area contributed by atoms with Crippen molar-refractivity contribution in [2.24, 2.45) is 4.99 Å². The van der Waals surface area contributed by atoms with E-state index in [2.05, 4.69) is 45.9 Å². The molecule has 0 radical (unpaired) electrons. The number of nitrogens with one attached hydrogen (secondary N) is 2. The molecular weight excluding hydrogens is 419 g/mol. The summed E-state index contributed by atoms with van der Waals surface area (Å²) in [5.41, 5.74) is 2.77. The Morgan fingerprint density at radius 1 is 1.35 bits per heavy atom. The summed E-state index contributed by atoms with van der Waals surface area (Å²) < 4.78 is 0. The Balaban J connectivity index is 0.00000264. The van der Waals surface area contributed by atoms with Gasteiger partial charge in [0.05, 0.1) is 12.2 Å². The fraction of sp³-hybridized carbons (Fsp3) is 0.647. The number of thiazole rings is 1. The van der Waals surface area contributed by atoms with E-state index in [9.17, 15) is 0 Å². The van der Waals surface area contributed by atoms with Gasteiger partial charge in [0.2, 0.25) is 0 Å². The number of hydrogen-bond acceptors (Lipinski definition) is 3. The monoisotopic (exact) mass is 448 g/mol. The summed E-state index contributed by atoms with van der Waals surface area (Å²) in [6, 6.07) is 0. The molecule has 1 aromatic heterocycles. The van der Waals surface area contributed by atoms with Crippen LogP contribution < -0.4 is 10.6 Å². The average molecular weight is 448 g/mol. The van der Waals surface area contributed by atoms with E-state index < -0.39 is 0 Å². The first-order chi connectivity index (χ1) is 10.7. The molecule has 4 nitrogen and oxygen atoms in total. The summed E-state index contributed by atoms with van der Waals surface area (Å²) in [5.74, 6) is 1.35. The molecule has 0 bridgehead atoms. The third-order valence-corrected chi connectivity index (χ3v) is 4.78. The van der Waals surface area contributed by atoms with Crippen LogP contribution in [0.4, 0.5) is 0 Å². The summed E-state index contributed by atoms with van der Waals surface area (Å²) >= 11 is 1.71. The number of allylic oxidation sites excluding steroid dienone is 1. The third-order valence-electron chi connectivity index (χ3n) is 3.92. The molecule has 0 aliphatic heterocycles. The molecule has 0 spiro atoms. The van der Waals surface area contributed by atoms with E-state index >= 15 is 0 Å². The van der Waals surface area contributed by atoms with Crippen LogP contribution in [0, 0.1) is 0 Å². The van der Waals surface area contributed by atoms with Crippen LogP contribution in [0.15, 0.2) is 22.0 Å². The van der Waals surface area contributed by atoms with Gasteiger partial charge in [0.15, 0.2) is 5.96 Å².